The van der Waals surface area contributed by atoms with Gasteiger partial charge in [0.1, 0.15) is 16.5 Å². The smallest absolute Gasteiger partial charge is 0.229 e. The first kappa shape index (κ1) is 31.9. The number of halogens is 1. The van der Waals surface area contributed by atoms with E-state index < -0.39 is 10.0 Å². The van der Waals surface area contributed by atoms with Crippen LogP contribution in [-0.4, -0.2) is 89.1 Å². The molecule has 2 fully saturated rings. The lowest BCUT2D eigenvalue weighted by Gasteiger charge is -2.41. The summed E-state index contributed by atoms with van der Waals surface area (Å²) in [6, 6.07) is 9.79. The minimum absolute atomic E-state index is 0.262. The van der Waals surface area contributed by atoms with Crippen LogP contribution >= 0.6 is 11.6 Å². The molecular formula is C30H41ClN8O4S. The summed E-state index contributed by atoms with van der Waals surface area (Å²) in [4.78, 5) is 14.1. The van der Waals surface area contributed by atoms with Crippen molar-refractivity contribution < 1.29 is 17.9 Å². The number of piperazine rings is 1. The minimum Gasteiger partial charge on any atom is -0.497 e. The number of hydrogen-bond acceptors (Lipinski definition) is 11. The maximum Gasteiger partial charge on any atom is 0.229 e. The third-order valence-corrected chi connectivity index (χ3v) is 8.89. The third-order valence-electron chi connectivity index (χ3n) is 8.02. The predicted molar refractivity (Wildman–Crippen MR) is 177 cm³/mol. The van der Waals surface area contributed by atoms with E-state index in [0.717, 1.165) is 70.5 Å². The molecule has 0 radical (unpaired) electrons. The number of sulfonamides is 1. The molecule has 0 amide bonds. The summed E-state index contributed by atoms with van der Waals surface area (Å²) in [5.41, 5.74) is 3.87. The molecule has 0 unspecified atom stereocenters. The van der Waals surface area contributed by atoms with Crippen molar-refractivity contribution in [1.82, 2.24) is 20.2 Å². The van der Waals surface area contributed by atoms with E-state index in [0.29, 0.717) is 35.0 Å². The highest BCUT2D eigenvalue weighted by Gasteiger charge is 2.27. The molecule has 3 heterocycles. The van der Waals surface area contributed by atoms with E-state index in [9.17, 15) is 8.42 Å². The first-order valence-corrected chi connectivity index (χ1v) is 17.1. The summed E-state index contributed by atoms with van der Waals surface area (Å²) >= 11 is 6.45. The van der Waals surface area contributed by atoms with E-state index in [4.69, 9.17) is 21.1 Å². The Kier molecular flexibility index (Phi) is 10.2. The van der Waals surface area contributed by atoms with E-state index in [1.54, 1.807) is 25.3 Å². The van der Waals surface area contributed by atoms with Gasteiger partial charge in [-0.15, -0.1) is 0 Å². The average molecular weight is 645 g/mol. The molecule has 14 heteroatoms. The molecule has 12 nitrogen and oxygen atoms in total. The largest absolute Gasteiger partial charge is 0.497 e. The van der Waals surface area contributed by atoms with Crippen LogP contribution in [0, 0.1) is 0 Å². The molecule has 0 aliphatic carbocycles. The van der Waals surface area contributed by atoms with Crippen LogP contribution in [-0.2, 0) is 16.4 Å². The molecule has 1 aromatic heterocycles. The van der Waals surface area contributed by atoms with E-state index in [2.05, 4.69) is 59.5 Å². The Hall–Kier alpha value is -3.52. The zero-order valence-corrected chi connectivity index (χ0v) is 27.2. The van der Waals surface area contributed by atoms with Crippen molar-refractivity contribution in [1.29, 1.82) is 0 Å². The molecule has 0 bridgehead atoms. The Balaban J connectivity index is 1.35. The van der Waals surface area contributed by atoms with Gasteiger partial charge >= 0.3 is 0 Å². The van der Waals surface area contributed by atoms with Crippen molar-refractivity contribution in [2.24, 2.45) is 0 Å². The van der Waals surface area contributed by atoms with E-state index in [1.807, 2.05) is 0 Å². The Morgan fingerprint density at radius 2 is 1.75 bits per heavy atom. The fourth-order valence-corrected chi connectivity index (χ4v) is 6.49. The van der Waals surface area contributed by atoms with E-state index >= 15 is 0 Å². The lowest BCUT2D eigenvalue weighted by atomic mass is 9.99. The second-order valence-corrected chi connectivity index (χ2v) is 13.1. The predicted octanol–water partition coefficient (Wildman–Crippen LogP) is 4.44. The lowest BCUT2D eigenvalue weighted by molar-refractivity contribution is 0.150. The Morgan fingerprint density at radius 3 is 2.41 bits per heavy atom. The standard InChI is InChI=1S/C30H41ClN8O4S/c1-5-20-16-26(28(43-3)18-27(20)39-12-8-21(9-13-39)38-14-10-32-11-15-38)35-30-33-19-23(31)29(36-30)34-24-7-6-22(42-2)17-25(24)37-44(4,40)41/h6-7,16-19,21,32,37H,5,8-15H2,1-4H3,(H2,33,34,35,36). The van der Waals surface area contributed by atoms with Crippen LogP contribution in [0.15, 0.2) is 36.5 Å². The third kappa shape index (κ3) is 7.76. The number of nitrogens with zero attached hydrogens (tertiary/aromatic N) is 4. The molecule has 44 heavy (non-hydrogen) atoms. The molecule has 0 atom stereocenters. The number of hydrogen-bond donors (Lipinski definition) is 4. The first-order valence-electron chi connectivity index (χ1n) is 14.8. The van der Waals surface area contributed by atoms with Crippen molar-refractivity contribution in [3.05, 3.63) is 47.1 Å². The van der Waals surface area contributed by atoms with Crippen LogP contribution < -0.4 is 35.0 Å². The van der Waals surface area contributed by atoms with Crippen molar-refractivity contribution >= 4 is 56.1 Å². The number of nitrogens with one attached hydrogen (secondary N) is 4. The number of aryl methyl sites for hydroxylation is 1. The number of ether oxygens (including phenoxy) is 2. The van der Waals surface area contributed by atoms with Gasteiger partial charge in [0.25, 0.3) is 0 Å². The molecule has 2 saturated heterocycles. The molecule has 0 saturated carbocycles. The molecule has 4 N–H and O–H groups in total. The van der Waals surface area contributed by atoms with Crippen molar-refractivity contribution in [3.8, 4) is 11.5 Å². The molecule has 238 valence electrons. The maximum atomic E-state index is 12.0. The SMILES string of the molecule is CCc1cc(Nc2ncc(Cl)c(Nc3ccc(OC)cc3NS(C)(=O)=O)n2)c(OC)cc1N1CCC(N2CCNCC2)CC1. The van der Waals surface area contributed by atoms with Crippen molar-refractivity contribution in [3.63, 3.8) is 0 Å². The summed E-state index contributed by atoms with van der Waals surface area (Å²) < 4.78 is 37.6. The quantitative estimate of drug-likeness (QED) is 0.236. The molecule has 2 aromatic carbocycles. The molecule has 5 rings (SSSR count). The van der Waals surface area contributed by atoms with E-state index in [-0.39, 0.29) is 10.7 Å². The summed E-state index contributed by atoms with van der Waals surface area (Å²) in [7, 11) is -0.394. The summed E-state index contributed by atoms with van der Waals surface area (Å²) in [5.74, 6) is 1.77. The van der Waals surface area contributed by atoms with Crippen LogP contribution in [0.25, 0.3) is 0 Å². The van der Waals surface area contributed by atoms with Crippen LogP contribution in [0.5, 0.6) is 11.5 Å². The number of anilines is 6. The van der Waals surface area contributed by atoms with Gasteiger partial charge in [-0.2, -0.15) is 4.98 Å². The fraction of sp³-hybridized carbons (Fsp3) is 0.467. The molecule has 2 aliphatic heterocycles. The van der Waals surface area contributed by atoms with Gasteiger partial charge in [0.15, 0.2) is 5.82 Å². The number of methoxy groups -OCH3 is 2. The summed E-state index contributed by atoms with van der Waals surface area (Å²) in [6.07, 6.45) is 5.71. The topological polar surface area (TPSA) is 133 Å². The van der Waals surface area contributed by atoms with Crippen LogP contribution in [0.3, 0.4) is 0 Å². The average Bonchev–Trinajstić information content (AvgIpc) is 3.03. The summed E-state index contributed by atoms with van der Waals surface area (Å²) in [5, 5.41) is 10.1. The Bertz CT molecular complexity index is 1560. The number of rotatable bonds is 11. The number of piperidine rings is 1. The second kappa shape index (κ2) is 14.1. The highest BCUT2D eigenvalue weighted by Crippen LogP contribution is 2.38. The highest BCUT2D eigenvalue weighted by atomic mass is 35.5. The Morgan fingerprint density at radius 1 is 1.00 bits per heavy atom. The van der Waals surface area contributed by atoms with Crippen LogP contribution in [0.1, 0.15) is 25.3 Å². The monoisotopic (exact) mass is 644 g/mol. The second-order valence-electron chi connectivity index (χ2n) is 11.0. The Labute approximate surface area is 264 Å². The molecule has 3 aromatic rings. The van der Waals surface area contributed by atoms with Gasteiger partial charge in [0, 0.05) is 63.1 Å². The lowest BCUT2D eigenvalue weighted by Crippen LogP contribution is -2.52. The normalized spacial score (nSPS) is 16.4. The van der Waals surface area contributed by atoms with E-state index in [1.165, 1.54) is 24.6 Å². The molecule has 0 spiro atoms. The van der Waals surface area contributed by atoms with Gasteiger partial charge < -0.3 is 30.3 Å². The zero-order chi connectivity index (χ0) is 31.3. The number of benzene rings is 2. The number of aromatic nitrogens is 2. The van der Waals surface area contributed by atoms with Crippen LogP contribution in [0.4, 0.5) is 34.5 Å². The first-order chi connectivity index (χ1) is 21.2. The summed E-state index contributed by atoms with van der Waals surface area (Å²) in [6.45, 7) is 8.57. The van der Waals surface area contributed by atoms with Gasteiger partial charge in [-0.05, 0) is 43.0 Å². The minimum atomic E-state index is -3.56. The molecular weight excluding hydrogens is 604 g/mol. The fourth-order valence-electron chi connectivity index (χ4n) is 5.78. The van der Waals surface area contributed by atoms with Crippen LogP contribution in [0.2, 0.25) is 5.02 Å². The van der Waals surface area contributed by atoms with Crippen molar-refractivity contribution in [2.45, 2.75) is 32.2 Å². The highest BCUT2D eigenvalue weighted by molar-refractivity contribution is 7.92. The van der Waals surface area contributed by atoms with Gasteiger partial charge in [0.05, 0.1) is 43.7 Å². The van der Waals surface area contributed by atoms with Gasteiger partial charge in [-0.1, -0.05) is 18.5 Å². The van der Waals surface area contributed by atoms with Gasteiger partial charge in [-0.3, -0.25) is 9.62 Å². The van der Waals surface area contributed by atoms with Crippen molar-refractivity contribution in [2.75, 3.05) is 80.0 Å². The maximum absolute atomic E-state index is 12.0. The molecule has 2 aliphatic rings. The van der Waals surface area contributed by atoms with Gasteiger partial charge in [-0.25, -0.2) is 13.4 Å². The van der Waals surface area contributed by atoms with Gasteiger partial charge in [0.2, 0.25) is 16.0 Å². The zero-order valence-electron chi connectivity index (χ0n) is 25.6.